The van der Waals surface area contributed by atoms with Crippen LogP contribution in [0.4, 0.5) is 11.8 Å². The number of anilines is 2. The van der Waals surface area contributed by atoms with Crippen molar-refractivity contribution >= 4 is 23.5 Å². The lowest BCUT2D eigenvalue weighted by Gasteiger charge is -2.29. The Labute approximate surface area is 126 Å². The fraction of sp³-hybridized carbons (Fsp3) is 0.733. The molecule has 1 aliphatic carbocycles. The van der Waals surface area contributed by atoms with Gasteiger partial charge in [-0.1, -0.05) is 13.3 Å². The molecule has 0 aliphatic heterocycles. The third-order valence-corrected chi connectivity index (χ3v) is 4.79. The lowest BCUT2D eigenvalue weighted by molar-refractivity contribution is 0.472. The first-order valence-corrected chi connectivity index (χ1v) is 8.89. The summed E-state index contributed by atoms with van der Waals surface area (Å²) in [7, 11) is 0. The molecule has 0 radical (unpaired) electrons. The molecular formula is C15H26N4S. The fourth-order valence-electron chi connectivity index (χ4n) is 2.66. The molecule has 2 N–H and O–H groups in total. The van der Waals surface area contributed by atoms with Gasteiger partial charge in [-0.05, 0) is 38.9 Å². The number of aromatic nitrogens is 2. The van der Waals surface area contributed by atoms with Crippen molar-refractivity contribution in [2.24, 2.45) is 0 Å². The third-order valence-electron chi connectivity index (χ3n) is 3.70. The number of nitrogens with one attached hydrogen (secondary N) is 2. The van der Waals surface area contributed by atoms with Crippen molar-refractivity contribution in [3.63, 3.8) is 0 Å². The van der Waals surface area contributed by atoms with Crippen LogP contribution in [0.2, 0.25) is 0 Å². The second-order valence-electron chi connectivity index (χ2n) is 5.51. The molecule has 0 amide bonds. The maximum atomic E-state index is 4.58. The van der Waals surface area contributed by atoms with Crippen LogP contribution in [0.5, 0.6) is 0 Å². The van der Waals surface area contributed by atoms with Crippen molar-refractivity contribution in [2.45, 2.75) is 57.2 Å². The zero-order valence-electron chi connectivity index (χ0n) is 12.8. The quantitative estimate of drug-likeness (QED) is 0.838. The number of nitrogens with zero attached hydrogens (tertiary/aromatic N) is 2. The van der Waals surface area contributed by atoms with Gasteiger partial charge in [0.1, 0.15) is 5.82 Å². The van der Waals surface area contributed by atoms with E-state index >= 15 is 0 Å². The Morgan fingerprint density at radius 2 is 2.20 bits per heavy atom. The Kier molecular flexibility index (Phi) is 5.95. The standard InChI is InChI=1S/C15H26N4S/c1-4-8-16-15-17-11(2)9-14(19-15)18-12-6-5-7-13(10-12)20-3/h9,12-13H,4-8,10H2,1-3H3,(H2,16,17,18,19). The van der Waals surface area contributed by atoms with Gasteiger partial charge in [0.05, 0.1) is 0 Å². The van der Waals surface area contributed by atoms with Gasteiger partial charge in [-0.25, -0.2) is 4.98 Å². The maximum absolute atomic E-state index is 4.58. The molecule has 1 saturated carbocycles. The van der Waals surface area contributed by atoms with E-state index in [1.807, 2.05) is 24.8 Å². The second kappa shape index (κ2) is 7.72. The first-order chi connectivity index (χ1) is 9.71. The molecule has 2 atom stereocenters. The second-order valence-corrected chi connectivity index (χ2v) is 6.65. The molecule has 0 aromatic carbocycles. The van der Waals surface area contributed by atoms with Gasteiger partial charge in [0.25, 0.3) is 0 Å². The summed E-state index contributed by atoms with van der Waals surface area (Å²) < 4.78 is 0. The highest BCUT2D eigenvalue weighted by atomic mass is 32.2. The lowest BCUT2D eigenvalue weighted by atomic mass is 9.95. The molecule has 1 heterocycles. The summed E-state index contributed by atoms with van der Waals surface area (Å²) >= 11 is 1.99. The molecule has 1 aromatic heterocycles. The van der Waals surface area contributed by atoms with Gasteiger partial charge < -0.3 is 10.6 Å². The molecular weight excluding hydrogens is 268 g/mol. The Hall–Kier alpha value is -0.970. The van der Waals surface area contributed by atoms with Crippen LogP contribution in [0.15, 0.2) is 6.07 Å². The highest BCUT2D eigenvalue weighted by Crippen LogP contribution is 2.28. The first-order valence-electron chi connectivity index (χ1n) is 7.60. The van der Waals surface area contributed by atoms with Crippen LogP contribution in [0.1, 0.15) is 44.7 Å². The molecule has 0 saturated heterocycles. The van der Waals surface area contributed by atoms with Crippen molar-refractivity contribution in [1.82, 2.24) is 9.97 Å². The van der Waals surface area contributed by atoms with E-state index in [9.17, 15) is 0 Å². The number of thioether (sulfide) groups is 1. The van der Waals surface area contributed by atoms with Gasteiger partial charge in [0.2, 0.25) is 5.95 Å². The molecule has 20 heavy (non-hydrogen) atoms. The van der Waals surface area contributed by atoms with E-state index in [0.717, 1.165) is 35.7 Å². The predicted molar refractivity (Wildman–Crippen MR) is 88.7 cm³/mol. The molecule has 0 bridgehead atoms. The molecule has 2 unspecified atom stereocenters. The summed E-state index contributed by atoms with van der Waals surface area (Å²) in [5.41, 5.74) is 1.01. The van der Waals surface area contributed by atoms with Crippen LogP contribution in [0.3, 0.4) is 0 Å². The van der Waals surface area contributed by atoms with Crippen LogP contribution in [0, 0.1) is 6.92 Å². The average molecular weight is 294 g/mol. The zero-order chi connectivity index (χ0) is 14.4. The van der Waals surface area contributed by atoms with Crippen LogP contribution < -0.4 is 10.6 Å². The van der Waals surface area contributed by atoms with Crippen molar-refractivity contribution < 1.29 is 0 Å². The smallest absolute Gasteiger partial charge is 0.224 e. The number of aryl methyl sites for hydroxylation is 1. The van der Waals surface area contributed by atoms with E-state index < -0.39 is 0 Å². The largest absolute Gasteiger partial charge is 0.367 e. The SMILES string of the molecule is CCCNc1nc(C)cc(NC2CCCC(SC)C2)n1. The van der Waals surface area contributed by atoms with Crippen molar-refractivity contribution in [2.75, 3.05) is 23.4 Å². The lowest BCUT2D eigenvalue weighted by Crippen LogP contribution is -2.29. The summed E-state index contributed by atoms with van der Waals surface area (Å²) in [5.74, 6) is 1.70. The summed E-state index contributed by atoms with van der Waals surface area (Å²) in [5, 5.41) is 7.66. The zero-order valence-corrected chi connectivity index (χ0v) is 13.6. The Bertz CT molecular complexity index is 424. The van der Waals surface area contributed by atoms with Crippen LogP contribution >= 0.6 is 11.8 Å². The third kappa shape index (κ3) is 4.54. The van der Waals surface area contributed by atoms with Crippen molar-refractivity contribution in [3.05, 3.63) is 11.8 Å². The Balaban J connectivity index is 1.99. The molecule has 1 aromatic rings. The molecule has 1 aliphatic rings. The monoisotopic (exact) mass is 294 g/mol. The summed E-state index contributed by atoms with van der Waals surface area (Å²) in [6, 6.07) is 2.59. The number of rotatable bonds is 6. The summed E-state index contributed by atoms with van der Waals surface area (Å²) in [4.78, 5) is 9.01. The number of hydrogen-bond donors (Lipinski definition) is 2. The van der Waals surface area contributed by atoms with Gasteiger partial charge in [-0.2, -0.15) is 16.7 Å². The highest BCUT2D eigenvalue weighted by molar-refractivity contribution is 7.99. The van der Waals surface area contributed by atoms with E-state index in [2.05, 4.69) is 33.8 Å². The highest BCUT2D eigenvalue weighted by Gasteiger charge is 2.21. The van der Waals surface area contributed by atoms with Gasteiger partial charge in [0.15, 0.2) is 0 Å². The number of hydrogen-bond acceptors (Lipinski definition) is 5. The molecule has 2 rings (SSSR count). The molecule has 112 valence electrons. The predicted octanol–water partition coefficient (Wildman–Crippen LogP) is 3.69. The minimum absolute atomic E-state index is 0.550. The molecule has 4 nitrogen and oxygen atoms in total. The topological polar surface area (TPSA) is 49.8 Å². The molecule has 1 fully saturated rings. The van der Waals surface area contributed by atoms with E-state index in [4.69, 9.17) is 0 Å². The summed E-state index contributed by atoms with van der Waals surface area (Å²) in [6.45, 7) is 5.09. The normalized spacial score (nSPS) is 22.6. The van der Waals surface area contributed by atoms with Crippen LogP contribution in [0.25, 0.3) is 0 Å². The molecule has 0 spiro atoms. The maximum Gasteiger partial charge on any atom is 0.224 e. The Morgan fingerprint density at radius 3 is 2.95 bits per heavy atom. The van der Waals surface area contributed by atoms with Gasteiger partial charge in [-0.3, -0.25) is 0 Å². The van der Waals surface area contributed by atoms with E-state index in [1.165, 1.54) is 25.7 Å². The van der Waals surface area contributed by atoms with Gasteiger partial charge in [-0.15, -0.1) is 0 Å². The van der Waals surface area contributed by atoms with Crippen LogP contribution in [-0.2, 0) is 0 Å². The van der Waals surface area contributed by atoms with Crippen LogP contribution in [-0.4, -0.2) is 34.1 Å². The fourth-order valence-corrected chi connectivity index (χ4v) is 3.48. The van der Waals surface area contributed by atoms with Crippen molar-refractivity contribution in [3.8, 4) is 0 Å². The van der Waals surface area contributed by atoms with Gasteiger partial charge >= 0.3 is 0 Å². The Morgan fingerprint density at radius 1 is 1.35 bits per heavy atom. The minimum atomic E-state index is 0.550. The molecule has 5 heteroatoms. The van der Waals surface area contributed by atoms with Crippen molar-refractivity contribution in [1.29, 1.82) is 0 Å². The van der Waals surface area contributed by atoms with E-state index in [-0.39, 0.29) is 0 Å². The first kappa shape index (κ1) is 15.4. The average Bonchev–Trinajstić information content (AvgIpc) is 2.44. The minimum Gasteiger partial charge on any atom is -0.367 e. The van der Waals surface area contributed by atoms with E-state index in [0.29, 0.717) is 6.04 Å². The van der Waals surface area contributed by atoms with Gasteiger partial charge in [0, 0.05) is 29.6 Å². The summed E-state index contributed by atoms with van der Waals surface area (Å²) in [6.07, 6.45) is 8.45. The van der Waals surface area contributed by atoms with E-state index in [1.54, 1.807) is 0 Å².